The predicted octanol–water partition coefficient (Wildman–Crippen LogP) is 4.33. The van der Waals surface area contributed by atoms with Crippen LogP contribution in [0.15, 0.2) is 41.1 Å². The zero-order valence-electron chi connectivity index (χ0n) is 13.3. The van der Waals surface area contributed by atoms with E-state index in [4.69, 9.17) is 4.74 Å². The molecule has 0 unspecified atom stereocenters. The molecule has 0 fully saturated rings. The topological polar surface area (TPSA) is 52.8 Å². The molecule has 8 heteroatoms. The summed E-state index contributed by atoms with van der Waals surface area (Å²) >= 11 is 3.17. The van der Waals surface area contributed by atoms with Crippen molar-refractivity contribution in [2.75, 3.05) is 0 Å². The Morgan fingerprint density at radius 1 is 1.29 bits per heavy atom. The van der Waals surface area contributed by atoms with Gasteiger partial charge in [-0.3, -0.25) is 0 Å². The maximum Gasteiger partial charge on any atom is 0.191 e. The van der Waals surface area contributed by atoms with Crippen molar-refractivity contribution in [2.45, 2.75) is 37.4 Å². The van der Waals surface area contributed by atoms with Crippen molar-refractivity contribution in [3.05, 3.63) is 52.5 Å². The number of nitrogens with zero attached hydrogens (tertiary/aromatic N) is 4. The molecule has 3 aromatic rings. The normalized spacial score (nSPS) is 11.2. The van der Waals surface area contributed by atoms with Gasteiger partial charge in [-0.05, 0) is 38.1 Å². The van der Waals surface area contributed by atoms with Crippen LogP contribution in [0.5, 0.6) is 5.75 Å². The van der Waals surface area contributed by atoms with Crippen molar-refractivity contribution in [1.29, 1.82) is 0 Å². The molecule has 0 saturated heterocycles. The van der Waals surface area contributed by atoms with Gasteiger partial charge in [-0.1, -0.05) is 11.8 Å². The third-order valence-electron chi connectivity index (χ3n) is 3.22. The number of aromatic nitrogens is 4. The summed E-state index contributed by atoms with van der Waals surface area (Å²) in [7, 11) is 0. The summed E-state index contributed by atoms with van der Waals surface area (Å²) in [6.07, 6.45) is 1.75. The van der Waals surface area contributed by atoms with E-state index < -0.39 is 0 Å². The van der Waals surface area contributed by atoms with E-state index in [1.54, 1.807) is 41.6 Å². The van der Waals surface area contributed by atoms with Crippen LogP contribution in [-0.4, -0.2) is 19.7 Å². The summed E-state index contributed by atoms with van der Waals surface area (Å²) in [5.74, 6) is 1.09. The molecular formula is C16H17FN4OS2. The maximum atomic E-state index is 12.9. The molecule has 0 aliphatic carbocycles. The molecule has 3 rings (SSSR count). The van der Waals surface area contributed by atoms with E-state index in [2.05, 4.69) is 29.0 Å². The van der Waals surface area contributed by atoms with Crippen LogP contribution >= 0.6 is 23.1 Å². The molecule has 1 aromatic carbocycles. The largest absolute Gasteiger partial charge is 0.486 e. The Morgan fingerprint density at radius 2 is 2.08 bits per heavy atom. The minimum absolute atomic E-state index is 0.273. The van der Waals surface area contributed by atoms with E-state index in [0.29, 0.717) is 18.4 Å². The second kappa shape index (κ2) is 7.76. The van der Waals surface area contributed by atoms with Crippen LogP contribution in [-0.2, 0) is 12.4 Å². The molecule has 2 heterocycles. The second-order valence-corrected chi connectivity index (χ2v) is 7.26. The van der Waals surface area contributed by atoms with E-state index in [1.165, 1.54) is 12.1 Å². The maximum absolute atomic E-state index is 12.9. The highest BCUT2D eigenvalue weighted by atomic mass is 32.2. The lowest BCUT2D eigenvalue weighted by Gasteiger charge is -2.08. The molecule has 2 aromatic heterocycles. The molecule has 0 atom stereocenters. The summed E-state index contributed by atoms with van der Waals surface area (Å²) < 4.78 is 20.5. The second-order valence-electron chi connectivity index (χ2n) is 5.38. The van der Waals surface area contributed by atoms with E-state index in [-0.39, 0.29) is 5.82 Å². The zero-order chi connectivity index (χ0) is 16.9. The summed E-state index contributed by atoms with van der Waals surface area (Å²) in [4.78, 5) is 4.56. The lowest BCUT2D eigenvalue weighted by Crippen LogP contribution is -2.01. The van der Waals surface area contributed by atoms with E-state index in [9.17, 15) is 4.39 Å². The van der Waals surface area contributed by atoms with Gasteiger partial charge in [0.1, 0.15) is 29.5 Å². The number of benzene rings is 1. The van der Waals surface area contributed by atoms with Gasteiger partial charge in [0.25, 0.3) is 0 Å². The van der Waals surface area contributed by atoms with Crippen LogP contribution in [0.4, 0.5) is 4.39 Å². The Kier molecular flexibility index (Phi) is 5.47. The van der Waals surface area contributed by atoms with Crippen LogP contribution in [0.25, 0.3) is 0 Å². The third kappa shape index (κ3) is 4.33. The molecule has 0 aliphatic rings. The highest BCUT2D eigenvalue weighted by molar-refractivity contribution is 7.98. The Labute approximate surface area is 147 Å². The van der Waals surface area contributed by atoms with Crippen molar-refractivity contribution in [3.63, 3.8) is 0 Å². The first kappa shape index (κ1) is 16.9. The fraction of sp³-hybridized carbons (Fsp3) is 0.312. The lowest BCUT2D eigenvalue weighted by molar-refractivity contribution is 0.305. The molecule has 0 radical (unpaired) electrons. The number of rotatable bonds is 7. The van der Waals surface area contributed by atoms with Crippen molar-refractivity contribution in [3.8, 4) is 5.75 Å². The summed E-state index contributed by atoms with van der Waals surface area (Å²) in [6, 6.07) is 6.31. The molecule has 0 saturated carbocycles. The molecule has 5 nitrogen and oxygen atoms in total. The van der Waals surface area contributed by atoms with Gasteiger partial charge in [0, 0.05) is 17.2 Å². The number of hydrogen-bond acceptors (Lipinski definition) is 6. The van der Waals surface area contributed by atoms with E-state index >= 15 is 0 Å². The Bertz CT molecular complexity index is 785. The first-order chi connectivity index (χ1) is 11.6. The van der Waals surface area contributed by atoms with Crippen LogP contribution in [0.1, 0.15) is 30.6 Å². The molecular weight excluding hydrogens is 347 g/mol. The van der Waals surface area contributed by atoms with Crippen LogP contribution in [0.3, 0.4) is 0 Å². The molecule has 0 spiro atoms. The number of thioether (sulfide) groups is 1. The van der Waals surface area contributed by atoms with Crippen molar-refractivity contribution < 1.29 is 9.13 Å². The Hall–Kier alpha value is -1.93. The summed E-state index contributed by atoms with van der Waals surface area (Å²) in [6.45, 7) is 4.57. The average molecular weight is 364 g/mol. The van der Waals surface area contributed by atoms with Gasteiger partial charge in [0.2, 0.25) is 0 Å². The van der Waals surface area contributed by atoms with Gasteiger partial charge in [-0.2, -0.15) is 0 Å². The first-order valence-corrected chi connectivity index (χ1v) is 9.32. The number of thiazole rings is 1. The third-order valence-corrected chi connectivity index (χ3v) is 5.08. The Balaban J connectivity index is 1.53. The minimum atomic E-state index is -0.273. The molecule has 126 valence electrons. The average Bonchev–Trinajstić information content (AvgIpc) is 3.21. The fourth-order valence-corrected chi connectivity index (χ4v) is 3.73. The Morgan fingerprint density at radius 3 is 2.83 bits per heavy atom. The van der Waals surface area contributed by atoms with Crippen LogP contribution < -0.4 is 4.74 Å². The summed E-state index contributed by atoms with van der Waals surface area (Å²) in [5.41, 5.74) is 0.987. The van der Waals surface area contributed by atoms with E-state index in [1.807, 2.05) is 9.95 Å². The molecule has 0 N–H and O–H groups in total. The van der Waals surface area contributed by atoms with Crippen molar-refractivity contribution in [2.24, 2.45) is 0 Å². The molecule has 0 bridgehead atoms. The standard InChI is InChI=1S/C16H17FN4OS2/c1-11(2)21-10-18-20-16(21)24-9-13-8-23-15(19-13)7-22-14-5-3-12(17)4-6-14/h3-6,8,10-11H,7,9H2,1-2H3. The van der Waals surface area contributed by atoms with Gasteiger partial charge >= 0.3 is 0 Å². The predicted molar refractivity (Wildman–Crippen MR) is 92.8 cm³/mol. The van der Waals surface area contributed by atoms with Gasteiger partial charge in [-0.25, -0.2) is 9.37 Å². The fourth-order valence-electron chi connectivity index (χ4n) is 1.99. The SMILES string of the molecule is CC(C)n1cnnc1SCc1csc(COc2ccc(F)cc2)n1. The smallest absolute Gasteiger partial charge is 0.191 e. The highest BCUT2D eigenvalue weighted by Gasteiger charge is 2.10. The number of halogens is 1. The quantitative estimate of drug-likeness (QED) is 0.584. The van der Waals surface area contributed by atoms with Crippen molar-refractivity contribution in [1.82, 2.24) is 19.7 Å². The molecule has 24 heavy (non-hydrogen) atoms. The number of ether oxygens (including phenoxy) is 1. The lowest BCUT2D eigenvalue weighted by atomic mass is 10.3. The van der Waals surface area contributed by atoms with Gasteiger partial charge in [0.15, 0.2) is 5.16 Å². The van der Waals surface area contributed by atoms with Gasteiger partial charge in [-0.15, -0.1) is 21.5 Å². The summed E-state index contributed by atoms with van der Waals surface area (Å²) in [5, 5.41) is 11.9. The van der Waals surface area contributed by atoms with Crippen molar-refractivity contribution >= 4 is 23.1 Å². The molecule has 0 aliphatic heterocycles. The minimum Gasteiger partial charge on any atom is -0.486 e. The van der Waals surface area contributed by atoms with E-state index in [0.717, 1.165) is 21.6 Å². The van der Waals surface area contributed by atoms with Gasteiger partial charge < -0.3 is 9.30 Å². The number of hydrogen-bond donors (Lipinski definition) is 0. The highest BCUT2D eigenvalue weighted by Crippen LogP contribution is 2.24. The molecule has 0 amide bonds. The first-order valence-electron chi connectivity index (χ1n) is 7.46. The van der Waals surface area contributed by atoms with Gasteiger partial charge in [0.05, 0.1) is 5.69 Å². The zero-order valence-corrected chi connectivity index (χ0v) is 15.0. The van der Waals surface area contributed by atoms with Crippen LogP contribution in [0.2, 0.25) is 0 Å². The van der Waals surface area contributed by atoms with Crippen LogP contribution in [0, 0.1) is 5.82 Å². The monoisotopic (exact) mass is 364 g/mol.